The maximum absolute atomic E-state index is 13.1. The maximum atomic E-state index is 13.1. The van der Waals surface area contributed by atoms with Gasteiger partial charge in [-0.2, -0.15) is 0 Å². The van der Waals surface area contributed by atoms with E-state index in [4.69, 9.17) is 0 Å². The van der Waals surface area contributed by atoms with Gasteiger partial charge in [-0.25, -0.2) is 9.37 Å². The highest BCUT2D eigenvalue weighted by atomic mass is 19.1. The molecule has 0 saturated heterocycles. The summed E-state index contributed by atoms with van der Waals surface area (Å²) in [6, 6.07) is 15.1. The first-order valence-electron chi connectivity index (χ1n) is 9.80. The maximum Gasteiger partial charge on any atom is 0.296 e. The Balaban J connectivity index is 1.91. The second kappa shape index (κ2) is 9.53. The molecule has 3 rings (SSSR count). The molecule has 1 atom stereocenters. The number of carbonyl (C=O) groups excluding carboxylic acids is 1. The highest BCUT2D eigenvalue weighted by Gasteiger charge is 2.25. The van der Waals surface area contributed by atoms with Gasteiger partial charge in [0.1, 0.15) is 11.6 Å². The van der Waals surface area contributed by atoms with Crippen LogP contribution in [0, 0.1) is 5.82 Å². The van der Waals surface area contributed by atoms with Gasteiger partial charge >= 0.3 is 0 Å². The highest BCUT2D eigenvalue weighted by Crippen LogP contribution is 2.22. The van der Waals surface area contributed by atoms with Crippen LogP contribution in [0.15, 0.2) is 59.4 Å². The van der Waals surface area contributed by atoms with Gasteiger partial charge in [0.05, 0.1) is 6.04 Å². The molecule has 0 bridgehead atoms. The fourth-order valence-corrected chi connectivity index (χ4v) is 3.27. The molecule has 1 unspecified atom stereocenters. The minimum Gasteiger partial charge on any atom is -0.501 e. The topological polar surface area (TPSA) is 87.5 Å². The largest absolute Gasteiger partial charge is 0.501 e. The van der Waals surface area contributed by atoms with Gasteiger partial charge in [0, 0.05) is 13.6 Å². The smallest absolute Gasteiger partial charge is 0.296 e. The standard InChI is InChI=1S/C23H25FN4O3/c1-27(2)18(13-15-7-5-4-6-8-15)21-26-19(20(29)23(31)28(21)3)22(30)25-14-16-9-11-17(24)12-10-16/h4-12,18,29H,13-14H2,1-3H3,(H,25,30). The first-order chi connectivity index (χ1) is 14.8. The Labute approximate surface area is 179 Å². The number of likely N-dealkylation sites (N-methyl/N-ethyl adjacent to an activating group) is 1. The van der Waals surface area contributed by atoms with Gasteiger partial charge in [-0.15, -0.1) is 0 Å². The monoisotopic (exact) mass is 424 g/mol. The molecule has 2 aromatic carbocycles. The molecule has 0 fully saturated rings. The van der Waals surface area contributed by atoms with Crippen molar-refractivity contribution in [3.05, 3.63) is 93.4 Å². The van der Waals surface area contributed by atoms with E-state index in [-0.39, 0.29) is 24.1 Å². The van der Waals surface area contributed by atoms with Crippen molar-refractivity contribution in [2.24, 2.45) is 7.05 Å². The first-order valence-corrected chi connectivity index (χ1v) is 9.80. The molecule has 2 N–H and O–H groups in total. The fraction of sp³-hybridized carbons (Fsp3) is 0.261. The second-order valence-corrected chi connectivity index (χ2v) is 7.51. The van der Waals surface area contributed by atoms with Gasteiger partial charge in [-0.05, 0) is 43.8 Å². The first kappa shape index (κ1) is 22.2. The van der Waals surface area contributed by atoms with E-state index in [0.29, 0.717) is 17.8 Å². The molecule has 7 nitrogen and oxygen atoms in total. The number of hydrogen-bond acceptors (Lipinski definition) is 5. The minimum atomic E-state index is -0.708. The Bertz CT molecular complexity index is 1110. The van der Waals surface area contributed by atoms with Crippen LogP contribution in [-0.2, 0) is 20.0 Å². The predicted molar refractivity (Wildman–Crippen MR) is 115 cm³/mol. The molecule has 31 heavy (non-hydrogen) atoms. The number of halogens is 1. The van der Waals surface area contributed by atoms with E-state index >= 15 is 0 Å². The molecular formula is C23H25FN4O3. The van der Waals surface area contributed by atoms with E-state index in [1.165, 1.54) is 23.7 Å². The van der Waals surface area contributed by atoms with Crippen LogP contribution in [0.1, 0.15) is 33.5 Å². The van der Waals surface area contributed by atoms with E-state index in [1.807, 2.05) is 49.3 Å². The van der Waals surface area contributed by atoms with Crippen molar-refractivity contribution in [2.45, 2.75) is 19.0 Å². The fourth-order valence-electron chi connectivity index (χ4n) is 3.27. The second-order valence-electron chi connectivity index (χ2n) is 7.51. The Kier molecular flexibility index (Phi) is 6.81. The number of benzene rings is 2. The van der Waals surface area contributed by atoms with E-state index < -0.39 is 17.2 Å². The van der Waals surface area contributed by atoms with Gasteiger partial charge in [-0.3, -0.25) is 19.1 Å². The summed E-state index contributed by atoms with van der Waals surface area (Å²) in [5.74, 6) is -1.40. The molecule has 1 amide bonds. The molecule has 162 valence electrons. The highest BCUT2D eigenvalue weighted by molar-refractivity contribution is 5.94. The lowest BCUT2D eigenvalue weighted by atomic mass is 10.0. The zero-order chi connectivity index (χ0) is 22.5. The van der Waals surface area contributed by atoms with Crippen LogP contribution in [-0.4, -0.2) is 39.6 Å². The van der Waals surface area contributed by atoms with Crippen molar-refractivity contribution in [3.63, 3.8) is 0 Å². The number of rotatable bonds is 7. The summed E-state index contributed by atoms with van der Waals surface area (Å²) in [5, 5.41) is 12.9. The summed E-state index contributed by atoms with van der Waals surface area (Å²) in [4.78, 5) is 31.6. The summed E-state index contributed by atoms with van der Waals surface area (Å²) in [5.41, 5.74) is 0.691. The normalized spacial score (nSPS) is 12.0. The molecule has 0 aliphatic rings. The lowest BCUT2D eigenvalue weighted by Gasteiger charge is -2.26. The van der Waals surface area contributed by atoms with E-state index in [1.54, 1.807) is 12.1 Å². The third-order valence-electron chi connectivity index (χ3n) is 5.08. The molecule has 3 aromatic rings. The molecule has 0 radical (unpaired) electrons. The zero-order valence-corrected chi connectivity index (χ0v) is 17.7. The Hall–Kier alpha value is -3.52. The lowest BCUT2D eigenvalue weighted by Crippen LogP contribution is -2.34. The third-order valence-corrected chi connectivity index (χ3v) is 5.08. The van der Waals surface area contributed by atoms with Crippen LogP contribution < -0.4 is 10.9 Å². The third kappa shape index (κ3) is 5.16. The average molecular weight is 424 g/mol. The predicted octanol–water partition coefficient (Wildman–Crippen LogP) is 2.40. The van der Waals surface area contributed by atoms with Gasteiger partial charge < -0.3 is 10.4 Å². The average Bonchev–Trinajstić information content (AvgIpc) is 2.76. The van der Waals surface area contributed by atoms with Crippen molar-refractivity contribution in [3.8, 4) is 5.75 Å². The SMILES string of the molecule is CN(C)C(Cc1ccccc1)c1nc(C(=O)NCc2ccc(F)cc2)c(O)c(=O)n1C. The minimum absolute atomic E-state index is 0.103. The number of nitrogens with one attached hydrogen (secondary N) is 1. The van der Waals surface area contributed by atoms with Crippen molar-refractivity contribution in [1.82, 2.24) is 19.8 Å². The Morgan fingerprint density at radius 2 is 1.77 bits per heavy atom. The number of hydrogen-bond donors (Lipinski definition) is 2. The Morgan fingerprint density at radius 3 is 2.39 bits per heavy atom. The van der Waals surface area contributed by atoms with E-state index in [0.717, 1.165) is 5.56 Å². The van der Waals surface area contributed by atoms with Crippen molar-refractivity contribution in [1.29, 1.82) is 0 Å². The number of amides is 1. The molecule has 0 aliphatic heterocycles. The number of aromatic hydroxyl groups is 1. The number of carbonyl (C=O) groups is 1. The quantitative estimate of drug-likeness (QED) is 0.608. The van der Waals surface area contributed by atoms with Gasteiger partial charge in [0.15, 0.2) is 5.69 Å². The Morgan fingerprint density at radius 1 is 1.13 bits per heavy atom. The lowest BCUT2D eigenvalue weighted by molar-refractivity contribution is 0.0941. The van der Waals surface area contributed by atoms with Crippen LogP contribution in [0.25, 0.3) is 0 Å². The molecule has 8 heteroatoms. The van der Waals surface area contributed by atoms with Crippen LogP contribution >= 0.6 is 0 Å². The molecular weight excluding hydrogens is 399 g/mol. The van der Waals surface area contributed by atoms with Gasteiger partial charge in [0.2, 0.25) is 5.75 Å². The summed E-state index contributed by atoms with van der Waals surface area (Å²) in [7, 11) is 5.24. The summed E-state index contributed by atoms with van der Waals surface area (Å²) < 4.78 is 14.3. The van der Waals surface area contributed by atoms with Gasteiger partial charge in [-0.1, -0.05) is 42.5 Å². The van der Waals surface area contributed by atoms with Gasteiger partial charge in [0.25, 0.3) is 11.5 Å². The van der Waals surface area contributed by atoms with Crippen molar-refractivity contribution < 1.29 is 14.3 Å². The van der Waals surface area contributed by atoms with Crippen molar-refractivity contribution in [2.75, 3.05) is 14.1 Å². The van der Waals surface area contributed by atoms with Crippen LogP contribution in [0.2, 0.25) is 0 Å². The number of aromatic nitrogens is 2. The zero-order valence-electron chi connectivity index (χ0n) is 17.7. The van der Waals surface area contributed by atoms with Crippen LogP contribution in [0.4, 0.5) is 4.39 Å². The molecule has 1 heterocycles. The van der Waals surface area contributed by atoms with E-state index in [9.17, 15) is 19.1 Å². The van der Waals surface area contributed by atoms with E-state index in [2.05, 4.69) is 10.3 Å². The molecule has 1 aromatic heterocycles. The summed E-state index contributed by atoms with van der Waals surface area (Å²) >= 11 is 0. The molecule has 0 saturated carbocycles. The van der Waals surface area contributed by atoms with Crippen LogP contribution in [0.3, 0.4) is 0 Å². The summed E-state index contributed by atoms with van der Waals surface area (Å²) in [6.07, 6.45) is 0.565. The van der Waals surface area contributed by atoms with Crippen LogP contribution in [0.5, 0.6) is 5.75 Å². The number of nitrogens with zero attached hydrogens (tertiary/aromatic N) is 3. The summed E-state index contributed by atoms with van der Waals surface area (Å²) in [6.45, 7) is 0.103. The van der Waals surface area contributed by atoms with Crippen molar-refractivity contribution >= 4 is 5.91 Å². The molecule has 0 aliphatic carbocycles. The molecule has 0 spiro atoms.